The second-order valence-electron chi connectivity index (χ2n) is 4.24. The lowest BCUT2D eigenvalue weighted by Gasteiger charge is -2.12. The molecule has 17 heavy (non-hydrogen) atoms. The summed E-state index contributed by atoms with van der Waals surface area (Å²) in [4.78, 5) is 0. The van der Waals surface area contributed by atoms with Crippen molar-refractivity contribution in [1.82, 2.24) is 0 Å². The molecular weight excluding hydrogens is 215 g/mol. The molecule has 0 saturated carbocycles. The van der Waals surface area contributed by atoms with Crippen molar-refractivity contribution in [3.05, 3.63) is 58.9 Å². The Kier molecular flexibility index (Phi) is 3.25. The van der Waals surface area contributed by atoms with Gasteiger partial charge in [0.15, 0.2) is 0 Å². The maximum Gasteiger partial charge on any atom is 0.131 e. The van der Waals surface area contributed by atoms with Crippen LogP contribution in [0.15, 0.2) is 36.4 Å². The van der Waals surface area contributed by atoms with Gasteiger partial charge < -0.3 is 5.11 Å². The molecule has 0 bridgehead atoms. The normalized spacial score (nSPS) is 10.6. The summed E-state index contributed by atoms with van der Waals surface area (Å²) in [5.41, 5.74) is 4.29. The Labute approximate surface area is 101 Å². The Bertz CT molecular complexity index is 526. The van der Waals surface area contributed by atoms with Gasteiger partial charge in [-0.05, 0) is 48.2 Å². The van der Waals surface area contributed by atoms with E-state index in [0.29, 0.717) is 5.56 Å². The van der Waals surface area contributed by atoms with E-state index in [9.17, 15) is 4.39 Å². The number of hydrogen-bond donors (Lipinski definition) is 1. The quantitative estimate of drug-likeness (QED) is 0.835. The minimum Gasteiger partial charge on any atom is -0.392 e. The standard InChI is InChI=1S/C15H15FO/c1-10-4-3-5-11(2)15(10)13-8-12(9-17)6-7-14(13)16/h3-8,17H,9H2,1-2H3. The molecule has 2 rings (SSSR count). The minimum absolute atomic E-state index is 0.0712. The number of rotatable bonds is 2. The topological polar surface area (TPSA) is 20.2 Å². The van der Waals surface area contributed by atoms with E-state index >= 15 is 0 Å². The molecule has 0 aliphatic heterocycles. The van der Waals surface area contributed by atoms with Crippen molar-refractivity contribution in [2.75, 3.05) is 0 Å². The molecule has 0 radical (unpaired) electrons. The van der Waals surface area contributed by atoms with E-state index in [1.165, 1.54) is 6.07 Å². The fourth-order valence-corrected chi connectivity index (χ4v) is 2.10. The average molecular weight is 230 g/mol. The van der Waals surface area contributed by atoms with Gasteiger partial charge in [-0.1, -0.05) is 24.3 Å². The predicted molar refractivity (Wildman–Crippen MR) is 67.2 cm³/mol. The molecule has 2 aromatic rings. The van der Waals surface area contributed by atoms with Gasteiger partial charge >= 0.3 is 0 Å². The molecule has 88 valence electrons. The Morgan fingerprint density at radius 2 is 1.71 bits per heavy atom. The first kappa shape index (κ1) is 11.8. The number of halogens is 1. The number of hydrogen-bond acceptors (Lipinski definition) is 1. The van der Waals surface area contributed by atoms with E-state index < -0.39 is 0 Å². The van der Waals surface area contributed by atoms with Crippen LogP contribution >= 0.6 is 0 Å². The Morgan fingerprint density at radius 3 is 2.29 bits per heavy atom. The molecule has 0 atom stereocenters. The van der Waals surface area contributed by atoms with Gasteiger partial charge in [-0.25, -0.2) is 4.39 Å². The lowest BCUT2D eigenvalue weighted by atomic mass is 9.94. The third-order valence-corrected chi connectivity index (χ3v) is 2.96. The summed E-state index contributed by atoms with van der Waals surface area (Å²) in [7, 11) is 0. The number of benzene rings is 2. The Balaban J connectivity index is 2.67. The van der Waals surface area contributed by atoms with Gasteiger partial charge in [0.2, 0.25) is 0 Å². The maximum atomic E-state index is 13.9. The predicted octanol–water partition coefficient (Wildman–Crippen LogP) is 3.60. The minimum atomic E-state index is -0.250. The Hall–Kier alpha value is -1.67. The lowest BCUT2D eigenvalue weighted by Crippen LogP contribution is -1.93. The van der Waals surface area contributed by atoms with Crippen molar-refractivity contribution >= 4 is 0 Å². The first-order valence-electron chi connectivity index (χ1n) is 5.59. The van der Waals surface area contributed by atoms with Crippen LogP contribution in [0.2, 0.25) is 0 Å². The van der Waals surface area contributed by atoms with E-state index in [1.807, 2.05) is 32.0 Å². The van der Waals surface area contributed by atoms with Crippen LogP contribution in [0.4, 0.5) is 4.39 Å². The number of aliphatic hydroxyl groups is 1. The van der Waals surface area contributed by atoms with E-state index in [4.69, 9.17) is 5.11 Å². The van der Waals surface area contributed by atoms with Crippen LogP contribution in [0.1, 0.15) is 16.7 Å². The molecule has 0 unspecified atom stereocenters. The van der Waals surface area contributed by atoms with Crippen LogP contribution in [-0.4, -0.2) is 5.11 Å². The summed E-state index contributed by atoms with van der Waals surface area (Å²) in [5, 5.41) is 9.12. The monoisotopic (exact) mass is 230 g/mol. The highest BCUT2D eigenvalue weighted by Gasteiger charge is 2.10. The van der Waals surface area contributed by atoms with Gasteiger partial charge in [0.25, 0.3) is 0 Å². The molecule has 1 N–H and O–H groups in total. The maximum absolute atomic E-state index is 13.9. The van der Waals surface area contributed by atoms with Crippen LogP contribution < -0.4 is 0 Å². The molecule has 0 fully saturated rings. The third-order valence-electron chi connectivity index (χ3n) is 2.96. The summed E-state index contributed by atoms with van der Waals surface area (Å²) in [6, 6.07) is 10.6. The van der Waals surface area contributed by atoms with Crippen molar-refractivity contribution in [3.63, 3.8) is 0 Å². The van der Waals surface area contributed by atoms with Crippen molar-refractivity contribution in [3.8, 4) is 11.1 Å². The second-order valence-corrected chi connectivity index (χ2v) is 4.24. The van der Waals surface area contributed by atoms with Gasteiger partial charge in [0.05, 0.1) is 6.61 Å². The molecule has 2 heteroatoms. The average Bonchev–Trinajstić information content (AvgIpc) is 2.31. The smallest absolute Gasteiger partial charge is 0.131 e. The molecule has 0 aromatic heterocycles. The lowest BCUT2D eigenvalue weighted by molar-refractivity contribution is 0.282. The van der Waals surface area contributed by atoms with Crippen LogP contribution in [0.3, 0.4) is 0 Å². The highest BCUT2D eigenvalue weighted by molar-refractivity contribution is 5.71. The van der Waals surface area contributed by atoms with Crippen LogP contribution in [0, 0.1) is 19.7 Å². The second kappa shape index (κ2) is 4.68. The molecule has 0 aliphatic rings. The van der Waals surface area contributed by atoms with Crippen LogP contribution in [-0.2, 0) is 6.61 Å². The van der Waals surface area contributed by atoms with Gasteiger partial charge in [-0.2, -0.15) is 0 Å². The molecule has 0 aliphatic carbocycles. The zero-order valence-corrected chi connectivity index (χ0v) is 10.00. The zero-order chi connectivity index (χ0) is 12.4. The molecule has 0 saturated heterocycles. The summed E-state index contributed by atoms with van der Waals surface area (Å²) >= 11 is 0. The Morgan fingerprint density at radius 1 is 1.06 bits per heavy atom. The summed E-state index contributed by atoms with van der Waals surface area (Å²) < 4.78 is 13.9. The first-order valence-corrected chi connectivity index (χ1v) is 5.59. The van der Waals surface area contributed by atoms with E-state index in [2.05, 4.69) is 0 Å². The van der Waals surface area contributed by atoms with E-state index in [1.54, 1.807) is 12.1 Å². The molecule has 1 nitrogen and oxygen atoms in total. The van der Waals surface area contributed by atoms with Gasteiger partial charge in [0, 0.05) is 5.56 Å². The fraction of sp³-hybridized carbons (Fsp3) is 0.200. The highest BCUT2D eigenvalue weighted by atomic mass is 19.1. The summed E-state index contributed by atoms with van der Waals surface area (Å²) in [6.07, 6.45) is 0. The molecule has 0 amide bonds. The van der Waals surface area contributed by atoms with Crippen molar-refractivity contribution in [2.24, 2.45) is 0 Å². The summed E-state index contributed by atoms with van der Waals surface area (Å²) in [5.74, 6) is -0.250. The van der Waals surface area contributed by atoms with Crippen LogP contribution in [0.25, 0.3) is 11.1 Å². The highest BCUT2D eigenvalue weighted by Crippen LogP contribution is 2.30. The van der Waals surface area contributed by atoms with Crippen molar-refractivity contribution in [1.29, 1.82) is 0 Å². The summed E-state index contributed by atoms with van der Waals surface area (Å²) in [6.45, 7) is 3.86. The van der Waals surface area contributed by atoms with Crippen molar-refractivity contribution in [2.45, 2.75) is 20.5 Å². The van der Waals surface area contributed by atoms with Crippen molar-refractivity contribution < 1.29 is 9.50 Å². The largest absolute Gasteiger partial charge is 0.392 e. The van der Waals surface area contributed by atoms with Crippen LogP contribution in [0.5, 0.6) is 0 Å². The molecule has 0 heterocycles. The number of aliphatic hydroxyl groups excluding tert-OH is 1. The zero-order valence-electron chi connectivity index (χ0n) is 10.00. The van der Waals surface area contributed by atoms with Gasteiger partial charge in [-0.15, -0.1) is 0 Å². The fourth-order valence-electron chi connectivity index (χ4n) is 2.10. The molecular formula is C15H15FO. The van der Waals surface area contributed by atoms with E-state index in [-0.39, 0.29) is 12.4 Å². The van der Waals surface area contributed by atoms with Gasteiger partial charge in [-0.3, -0.25) is 0 Å². The molecule has 2 aromatic carbocycles. The first-order chi connectivity index (χ1) is 8.13. The SMILES string of the molecule is Cc1cccc(C)c1-c1cc(CO)ccc1F. The number of aryl methyl sites for hydroxylation is 2. The third kappa shape index (κ3) is 2.22. The van der Waals surface area contributed by atoms with E-state index in [0.717, 1.165) is 22.3 Å². The molecule has 0 spiro atoms. The van der Waals surface area contributed by atoms with Gasteiger partial charge in [0.1, 0.15) is 5.82 Å².